The molecule has 210 valence electrons. The molecule has 0 radical (unpaired) electrons. The van der Waals surface area contributed by atoms with Gasteiger partial charge in [-0.15, -0.1) is 0 Å². The first kappa shape index (κ1) is 27.9. The Bertz CT molecular complexity index is 1320. The fraction of sp³-hybridized carbons (Fsp3) is 0.536. The molecule has 2 aliphatic rings. The van der Waals surface area contributed by atoms with Crippen LogP contribution in [0.1, 0.15) is 68.8 Å². The average Bonchev–Trinajstić information content (AvgIpc) is 3.55. The minimum atomic E-state index is -0.307. The summed E-state index contributed by atoms with van der Waals surface area (Å²) in [6.45, 7) is 3.45. The van der Waals surface area contributed by atoms with Crippen molar-refractivity contribution >= 4 is 28.0 Å². The number of H-pyrrole nitrogens is 1. The molecule has 0 bridgehead atoms. The molecule has 2 aromatic heterocycles. The monoisotopic (exact) mass is 552 g/mol. The number of nitrogens with one attached hydrogen (secondary N) is 4. The Hall–Kier alpha value is -2.70. The number of benzene rings is 1. The first-order valence-electron chi connectivity index (χ1n) is 13.9. The third kappa shape index (κ3) is 7.09. The topological polar surface area (TPSA) is 160 Å². The molecule has 0 aliphatic carbocycles. The lowest BCUT2D eigenvalue weighted by atomic mass is 9.92. The summed E-state index contributed by atoms with van der Waals surface area (Å²) < 4.78 is 7.59. The second-order valence-corrected chi connectivity index (χ2v) is 12.0. The van der Waals surface area contributed by atoms with Gasteiger partial charge in [0.05, 0.1) is 11.8 Å². The van der Waals surface area contributed by atoms with Gasteiger partial charge in [-0.25, -0.2) is 4.79 Å². The molecule has 1 aromatic carbocycles. The first-order chi connectivity index (χ1) is 18.9. The van der Waals surface area contributed by atoms with E-state index in [0.29, 0.717) is 18.3 Å². The highest BCUT2D eigenvalue weighted by atomic mass is 32.2. The quantitative estimate of drug-likeness (QED) is 0.165. The van der Waals surface area contributed by atoms with Crippen LogP contribution in [0.3, 0.4) is 0 Å². The molecule has 4 heterocycles. The van der Waals surface area contributed by atoms with Crippen molar-refractivity contribution in [2.24, 2.45) is 11.5 Å². The van der Waals surface area contributed by atoms with Crippen molar-refractivity contribution in [2.75, 3.05) is 18.9 Å². The zero-order valence-corrected chi connectivity index (χ0v) is 23.3. The number of thioether (sulfide) groups is 1. The lowest BCUT2D eigenvalue weighted by Gasteiger charge is -2.31. The van der Waals surface area contributed by atoms with Gasteiger partial charge in [0.2, 0.25) is 0 Å². The molecule has 3 aromatic rings. The zero-order chi connectivity index (χ0) is 27.4. The van der Waals surface area contributed by atoms with Gasteiger partial charge < -0.3 is 31.8 Å². The Kier molecular flexibility index (Phi) is 9.03. The van der Waals surface area contributed by atoms with E-state index in [1.807, 2.05) is 25.3 Å². The number of rotatable bonds is 10. The summed E-state index contributed by atoms with van der Waals surface area (Å²) in [6, 6.07) is 11.3. The van der Waals surface area contributed by atoms with Crippen LogP contribution in [-0.4, -0.2) is 56.8 Å². The smallest absolute Gasteiger partial charge is 0.354 e. The predicted molar refractivity (Wildman–Crippen MR) is 158 cm³/mol. The predicted octanol–water partition coefficient (Wildman–Crippen LogP) is 3.07. The molecule has 0 spiro atoms. The molecular weight excluding hydrogens is 512 g/mol. The SMILES string of the molecule is C[C@H](N)CCO[C@H]1CNC(c2cc3cn(-c4ccc([C@@H]5CCC[C@@H](CCSC(=N)N)N5)cc4)c(=O)nc3[nH]2)C1. The second-order valence-electron chi connectivity index (χ2n) is 10.8. The molecule has 5 rings (SSSR count). The number of nitrogens with zero attached hydrogens (tertiary/aromatic N) is 2. The number of ether oxygens (including phenoxy) is 1. The molecule has 10 nitrogen and oxygen atoms in total. The largest absolute Gasteiger partial charge is 0.379 e. The fourth-order valence-electron chi connectivity index (χ4n) is 5.56. The van der Waals surface area contributed by atoms with Crippen LogP contribution in [0, 0.1) is 5.41 Å². The van der Waals surface area contributed by atoms with Crippen molar-refractivity contribution < 1.29 is 4.74 Å². The molecule has 1 unspecified atom stereocenters. The lowest BCUT2D eigenvalue weighted by molar-refractivity contribution is 0.0613. The van der Waals surface area contributed by atoms with Gasteiger partial charge in [0.15, 0.2) is 5.17 Å². The number of hydrogen-bond acceptors (Lipinski definition) is 8. The standard InChI is InChI=1S/C28H40N8O2S/c1-17(29)9-11-38-22-14-24(32-15-22)25-13-19-16-36(28(37)35-26(19)34-25)21-7-5-18(6-8-21)23-4-2-3-20(33-23)10-12-39-27(30)31/h5-8,13,16-17,20,22-24,32-33H,2-4,9-12,14-15,29H2,1H3,(H3,30,31)(H,34,35,37)/t17-,20-,22+,23-,24?/m0/s1. The van der Waals surface area contributed by atoms with Gasteiger partial charge in [-0.2, -0.15) is 4.98 Å². The number of aromatic nitrogens is 3. The van der Waals surface area contributed by atoms with Crippen molar-refractivity contribution in [3.63, 3.8) is 0 Å². The molecule has 2 aliphatic heterocycles. The third-order valence-electron chi connectivity index (χ3n) is 7.70. The molecule has 0 saturated carbocycles. The normalized spacial score (nSPS) is 24.3. The second kappa shape index (κ2) is 12.6. The van der Waals surface area contributed by atoms with E-state index in [-0.39, 0.29) is 35.1 Å². The molecule has 2 saturated heterocycles. The van der Waals surface area contributed by atoms with Crippen LogP contribution in [0.2, 0.25) is 0 Å². The maximum absolute atomic E-state index is 12.9. The van der Waals surface area contributed by atoms with E-state index >= 15 is 0 Å². The van der Waals surface area contributed by atoms with Gasteiger partial charge >= 0.3 is 5.69 Å². The Labute approximate surface area is 233 Å². The van der Waals surface area contributed by atoms with Crippen molar-refractivity contribution in [1.82, 2.24) is 25.2 Å². The highest BCUT2D eigenvalue weighted by molar-refractivity contribution is 8.13. The van der Waals surface area contributed by atoms with E-state index in [0.717, 1.165) is 61.2 Å². The summed E-state index contributed by atoms with van der Waals surface area (Å²) in [7, 11) is 0. The van der Waals surface area contributed by atoms with Crippen LogP contribution in [0.4, 0.5) is 0 Å². The Morgan fingerprint density at radius 1 is 1.28 bits per heavy atom. The van der Waals surface area contributed by atoms with E-state index in [1.54, 1.807) is 4.57 Å². The highest BCUT2D eigenvalue weighted by Crippen LogP contribution is 2.29. The Morgan fingerprint density at radius 2 is 2.10 bits per heavy atom. The average molecular weight is 553 g/mol. The van der Waals surface area contributed by atoms with Crippen molar-refractivity contribution in [3.8, 4) is 5.69 Å². The van der Waals surface area contributed by atoms with Gasteiger partial charge in [0, 0.05) is 60.3 Å². The van der Waals surface area contributed by atoms with Gasteiger partial charge in [0.25, 0.3) is 0 Å². The summed E-state index contributed by atoms with van der Waals surface area (Å²) in [5.74, 6) is 0.858. The van der Waals surface area contributed by atoms with Gasteiger partial charge in [-0.3, -0.25) is 9.98 Å². The van der Waals surface area contributed by atoms with Crippen LogP contribution in [0.5, 0.6) is 0 Å². The Morgan fingerprint density at radius 3 is 2.87 bits per heavy atom. The molecule has 8 N–H and O–H groups in total. The molecule has 5 atom stereocenters. The molecule has 11 heteroatoms. The van der Waals surface area contributed by atoms with Gasteiger partial charge in [-0.05, 0) is 62.8 Å². The Balaban J connectivity index is 1.24. The van der Waals surface area contributed by atoms with Crippen LogP contribution in [0.15, 0.2) is 41.3 Å². The van der Waals surface area contributed by atoms with Crippen LogP contribution < -0.4 is 27.8 Å². The van der Waals surface area contributed by atoms with Gasteiger partial charge in [-0.1, -0.05) is 30.3 Å². The number of fused-ring (bicyclic) bond motifs is 1. The van der Waals surface area contributed by atoms with E-state index < -0.39 is 0 Å². The van der Waals surface area contributed by atoms with Crippen LogP contribution >= 0.6 is 11.8 Å². The zero-order valence-electron chi connectivity index (χ0n) is 22.5. The van der Waals surface area contributed by atoms with E-state index in [2.05, 4.69) is 38.8 Å². The molecule has 2 fully saturated rings. The molecule has 39 heavy (non-hydrogen) atoms. The number of nitrogens with two attached hydrogens (primary N) is 2. The first-order valence-corrected chi connectivity index (χ1v) is 14.9. The number of piperidine rings is 1. The van der Waals surface area contributed by atoms with Crippen LogP contribution in [-0.2, 0) is 4.74 Å². The molecular formula is C28H40N8O2S. The fourth-order valence-corrected chi connectivity index (χ4v) is 6.19. The summed E-state index contributed by atoms with van der Waals surface area (Å²) in [5.41, 5.74) is 14.6. The highest BCUT2D eigenvalue weighted by Gasteiger charge is 2.27. The maximum Gasteiger partial charge on any atom is 0.354 e. The summed E-state index contributed by atoms with van der Waals surface area (Å²) in [5, 5.41) is 15.7. The van der Waals surface area contributed by atoms with E-state index in [4.69, 9.17) is 21.6 Å². The third-order valence-corrected chi connectivity index (χ3v) is 8.45. The maximum atomic E-state index is 12.9. The van der Waals surface area contributed by atoms with Gasteiger partial charge in [0.1, 0.15) is 5.65 Å². The molecule has 0 amide bonds. The summed E-state index contributed by atoms with van der Waals surface area (Å²) in [6.07, 6.45) is 8.13. The summed E-state index contributed by atoms with van der Waals surface area (Å²) in [4.78, 5) is 20.6. The minimum absolute atomic E-state index is 0.134. The minimum Gasteiger partial charge on any atom is -0.379 e. The lowest BCUT2D eigenvalue weighted by Crippen LogP contribution is -2.37. The number of amidine groups is 1. The van der Waals surface area contributed by atoms with Crippen molar-refractivity contribution in [3.05, 3.63) is 58.3 Å². The van der Waals surface area contributed by atoms with Crippen molar-refractivity contribution in [2.45, 2.75) is 75.7 Å². The van der Waals surface area contributed by atoms with E-state index in [1.165, 1.54) is 23.7 Å². The number of aromatic amines is 1. The number of hydrogen-bond donors (Lipinski definition) is 6. The van der Waals surface area contributed by atoms with Crippen LogP contribution in [0.25, 0.3) is 16.7 Å². The van der Waals surface area contributed by atoms with E-state index in [9.17, 15) is 4.79 Å². The summed E-state index contributed by atoms with van der Waals surface area (Å²) >= 11 is 1.40. The van der Waals surface area contributed by atoms with Crippen molar-refractivity contribution in [1.29, 1.82) is 5.41 Å².